The van der Waals surface area contributed by atoms with Crippen molar-refractivity contribution in [3.63, 3.8) is 0 Å². The summed E-state index contributed by atoms with van der Waals surface area (Å²) in [5, 5.41) is 4.35. The minimum atomic E-state index is -3.60. The summed E-state index contributed by atoms with van der Waals surface area (Å²) in [4.78, 5) is 8.68. The van der Waals surface area contributed by atoms with Crippen molar-refractivity contribution < 1.29 is 12.9 Å². The molecule has 1 saturated carbocycles. The van der Waals surface area contributed by atoms with Gasteiger partial charge in [0, 0.05) is 32.8 Å². The van der Waals surface area contributed by atoms with Crippen LogP contribution < -0.4 is 0 Å². The van der Waals surface area contributed by atoms with E-state index in [9.17, 15) is 8.42 Å². The zero-order chi connectivity index (χ0) is 18.5. The number of nitrogens with zero attached hydrogens (tertiary/aromatic N) is 5. The Balaban J connectivity index is 1.64. The monoisotopic (exact) mass is 379 g/mol. The van der Waals surface area contributed by atoms with E-state index in [1.807, 2.05) is 0 Å². The van der Waals surface area contributed by atoms with Crippen LogP contribution >= 0.6 is 0 Å². The summed E-state index contributed by atoms with van der Waals surface area (Å²) in [5.41, 5.74) is -0.333. The minimum absolute atomic E-state index is 0.101. The normalized spacial score (nSPS) is 26.7. The molecule has 2 aromatic heterocycles. The predicted octanol–water partition coefficient (Wildman–Crippen LogP) is 1.74. The van der Waals surface area contributed by atoms with Gasteiger partial charge in [-0.05, 0) is 24.7 Å². The molecule has 2 aliphatic rings. The Labute approximate surface area is 153 Å². The minimum Gasteiger partial charge on any atom is -0.339 e. The SMILES string of the molecule is CC(C)Cc1nc([C@@]23CCC[C@@H]2CN(S(=O)(=O)c2cn(C)cn2)C3)no1. The molecule has 0 radical (unpaired) electrons. The Morgan fingerprint density at radius 2 is 2.23 bits per heavy atom. The van der Waals surface area contributed by atoms with Gasteiger partial charge < -0.3 is 9.09 Å². The molecule has 3 heterocycles. The summed E-state index contributed by atoms with van der Waals surface area (Å²) in [7, 11) is -1.84. The fraction of sp³-hybridized carbons (Fsp3) is 0.706. The number of sulfonamides is 1. The quantitative estimate of drug-likeness (QED) is 0.785. The molecule has 2 aromatic rings. The molecular weight excluding hydrogens is 354 g/mol. The molecule has 0 unspecified atom stereocenters. The van der Waals surface area contributed by atoms with E-state index in [0.717, 1.165) is 25.7 Å². The second-order valence-corrected chi connectivity index (χ2v) is 9.91. The Morgan fingerprint density at radius 1 is 1.42 bits per heavy atom. The number of fused-ring (bicyclic) bond motifs is 1. The molecule has 0 amide bonds. The summed E-state index contributed by atoms with van der Waals surface area (Å²) in [6.07, 6.45) is 6.75. The average molecular weight is 379 g/mol. The molecule has 8 nitrogen and oxygen atoms in total. The van der Waals surface area contributed by atoms with Crippen LogP contribution in [0.25, 0.3) is 0 Å². The molecule has 1 saturated heterocycles. The predicted molar refractivity (Wildman–Crippen MR) is 93.8 cm³/mol. The van der Waals surface area contributed by atoms with E-state index >= 15 is 0 Å². The smallest absolute Gasteiger partial charge is 0.262 e. The Kier molecular flexibility index (Phi) is 4.18. The second kappa shape index (κ2) is 6.16. The van der Waals surface area contributed by atoms with Crippen molar-refractivity contribution in [3.8, 4) is 0 Å². The van der Waals surface area contributed by atoms with Crippen molar-refractivity contribution >= 4 is 10.0 Å². The molecule has 2 atom stereocenters. The fourth-order valence-electron chi connectivity index (χ4n) is 4.34. The van der Waals surface area contributed by atoms with Gasteiger partial charge in [-0.1, -0.05) is 25.4 Å². The third-order valence-electron chi connectivity index (χ3n) is 5.62. The lowest BCUT2D eigenvalue weighted by Crippen LogP contribution is -2.35. The average Bonchev–Trinajstić information content (AvgIpc) is 3.27. The van der Waals surface area contributed by atoms with Crippen LogP contribution in [0.1, 0.15) is 44.8 Å². The molecule has 2 fully saturated rings. The first-order chi connectivity index (χ1) is 12.3. The van der Waals surface area contributed by atoms with Crippen molar-refractivity contribution in [1.82, 2.24) is 24.0 Å². The topological polar surface area (TPSA) is 94.1 Å². The van der Waals surface area contributed by atoms with Crippen molar-refractivity contribution in [3.05, 3.63) is 24.2 Å². The first kappa shape index (κ1) is 17.7. The van der Waals surface area contributed by atoms with Crippen LogP contribution in [0.5, 0.6) is 0 Å². The van der Waals surface area contributed by atoms with E-state index in [0.29, 0.717) is 30.7 Å². The zero-order valence-corrected chi connectivity index (χ0v) is 16.2. The number of aromatic nitrogens is 4. The maximum absolute atomic E-state index is 13.0. The number of rotatable bonds is 5. The van der Waals surface area contributed by atoms with E-state index in [1.54, 1.807) is 22.1 Å². The highest BCUT2D eigenvalue weighted by molar-refractivity contribution is 7.89. The Bertz CT molecular complexity index is 903. The second-order valence-electron chi connectivity index (χ2n) is 8.03. The molecular formula is C17H25N5O3S. The summed E-state index contributed by atoms with van der Waals surface area (Å²) in [6.45, 7) is 5.11. The van der Waals surface area contributed by atoms with Gasteiger partial charge >= 0.3 is 0 Å². The third kappa shape index (κ3) is 2.77. The van der Waals surface area contributed by atoms with Gasteiger partial charge in [-0.25, -0.2) is 13.4 Å². The van der Waals surface area contributed by atoms with E-state index < -0.39 is 10.0 Å². The lowest BCUT2D eigenvalue weighted by molar-refractivity contribution is 0.324. The van der Waals surface area contributed by atoms with Gasteiger partial charge in [0.15, 0.2) is 10.9 Å². The van der Waals surface area contributed by atoms with E-state index in [2.05, 4.69) is 29.0 Å². The fourth-order valence-corrected chi connectivity index (χ4v) is 5.86. The standard InChI is InChI=1S/C17H25N5O3S/c1-12(2)7-14-19-16(20-25-14)17-6-4-5-13(17)8-22(10-17)26(23,24)15-9-21(3)11-18-15/h9,11-13H,4-8,10H2,1-3H3/t13-,17-/m1/s1. The lowest BCUT2D eigenvalue weighted by Gasteiger charge is -2.24. The number of hydrogen-bond acceptors (Lipinski definition) is 6. The highest BCUT2D eigenvalue weighted by Crippen LogP contribution is 2.50. The van der Waals surface area contributed by atoms with Crippen LogP contribution in [0, 0.1) is 11.8 Å². The van der Waals surface area contributed by atoms with E-state index in [4.69, 9.17) is 4.52 Å². The maximum atomic E-state index is 13.0. The number of imidazole rings is 1. The summed E-state index contributed by atoms with van der Waals surface area (Å²) >= 11 is 0. The summed E-state index contributed by atoms with van der Waals surface area (Å²) in [6, 6.07) is 0. The zero-order valence-electron chi connectivity index (χ0n) is 15.4. The van der Waals surface area contributed by atoms with Gasteiger partial charge in [-0.2, -0.15) is 9.29 Å². The molecule has 1 aliphatic heterocycles. The highest BCUT2D eigenvalue weighted by Gasteiger charge is 2.56. The van der Waals surface area contributed by atoms with Crippen molar-refractivity contribution in [2.45, 2.75) is 50.0 Å². The molecule has 26 heavy (non-hydrogen) atoms. The summed E-state index contributed by atoms with van der Waals surface area (Å²) in [5.74, 6) is 1.98. The number of hydrogen-bond donors (Lipinski definition) is 0. The van der Waals surface area contributed by atoms with Crippen LogP contribution in [-0.4, -0.2) is 45.5 Å². The largest absolute Gasteiger partial charge is 0.339 e. The van der Waals surface area contributed by atoms with Gasteiger partial charge in [0.2, 0.25) is 5.89 Å². The van der Waals surface area contributed by atoms with Crippen LogP contribution in [0.3, 0.4) is 0 Å². The lowest BCUT2D eigenvalue weighted by atomic mass is 9.80. The Morgan fingerprint density at radius 3 is 2.92 bits per heavy atom. The van der Waals surface area contributed by atoms with Crippen LogP contribution in [0.15, 0.2) is 22.1 Å². The van der Waals surface area contributed by atoms with Gasteiger partial charge in [0.1, 0.15) is 0 Å². The van der Waals surface area contributed by atoms with Gasteiger partial charge in [0.05, 0.1) is 11.7 Å². The summed E-state index contributed by atoms with van der Waals surface area (Å²) < 4.78 is 34.6. The van der Waals surface area contributed by atoms with Crippen molar-refractivity contribution in [1.29, 1.82) is 0 Å². The first-order valence-corrected chi connectivity index (χ1v) is 10.6. The van der Waals surface area contributed by atoms with Gasteiger partial charge in [-0.3, -0.25) is 0 Å². The number of aryl methyl sites for hydroxylation is 1. The molecule has 0 N–H and O–H groups in total. The molecule has 0 spiro atoms. The van der Waals surface area contributed by atoms with Gasteiger partial charge in [0.25, 0.3) is 10.0 Å². The Hall–Kier alpha value is -1.74. The van der Waals surface area contributed by atoms with Crippen LogP contribution in [-0.2, 0) is 28.9 Å². The molecule has 0 bridgehead atoms. The van der Waals surface area contributed by atoms with Crippen LogP contribution in [0.4, 0.5) is 0 Å². The molecule has 4 rings (SSSR count). The third-order valence-corrected chi connectivity index (χ3v) is 7.32. The molecule has 0 aromatic carbocycles. The molecule has 1 aliphatic carbocycles. The first-order valence-electron chi connectivity index (χ1n) is 9.12. The van der Waals surface area contributed by atoms with Gasteiger partial charge in [-0.15, -0.1) is 0 Å². The van der Waals surface area contributed by atoms with E-state index in [-0.39, 0.29) is 16.4 Å². The molecule has 142 valence electrons. The van der Waals surface area contributed by atoms with E-state index in [1.165, 1.54) is 6.33 Å². The van der Waals surface area contributed by atoms with Crippen molar-refractivity contribution in [2.75, 3.05) is 13.1 Å². The van der Waals surface area contributed by atoms with Crippen molar-refractivity contribution in [2.24, 2.45) is 18.9 Å². The highest BCUT2D eigenvalue weighted by atomic mass is 32.2. The maximum Gasteiger partial charge on any atom is 0.262 e. The molecule has 9 heteroatoms. The van der Waals surface area contributed by atoms with Crippen LogP contribution in [0.2, 0.25) is 0 Å².